The normalized spacial score (nSPS) is 11.8. The molecule has 0 aliphatic rings. The molecule has 0 aromatic heterocycles. The molecule has 0 fully saturated rings. The summed E-state index contributed by atoms with van der Waals surface area (Å²) in [6.07, 6.45) is 0. The maximum absolute atomic E-state index is 12.2. The van der Waals surface area contributed by atoms with Gasteiger partial charge in [-0.05, 0) is 30.2 Å². The number of benzene rings is 2. The molecule has 2 aromatic rings. The van der Waals surface area contributed by atoms with Gasteiger partial charge in [0.1, 0.15) is 0 Å². The zero-order valence-electron chi connectivity index (χ0n) is 12.2. The highest BCUT2D eigenvalue weighted by atomic mass is 35.5. The lowest BCUT2D eigenvalue weighted by molar-refractivity contribution is 0.203. The molecule has 2 amide bonds. The highest BCUT2D eigenvalue weighted by Gasteiger charge is 2.13. The molecule has 0 heterocycles. The maximum Gasteiger partial charge on any atom is 0.317 e. The van der Waals surface area contributed by atoms with E-state index in [9.17, 15) is 4.79 Å². The summed E-state index contributed by atoms with van der Waals surface area (Å²) in [5.41, 5.74) is 2.13. The number of urea groups is 1. The largest absolute Gasteiger partial charge is 0.331 e. The van der Waals surface area contributed by atoms with Crippen molar-refractivity contribution in [3.8, 4) is 0 Å². The van der Waals surface area contributed by atoms with Crippen molar-refractivity contribution in [1.29, 1.82) is 0 Å². The molecular weight excluding hydrogens is 284 g/mol. The predicted octanol–water partition coefficient (Wildman–Crippen LogP) is 4.24. The van der Waals surface area contributed by atoms with Crippen LogP contribution >= 0.6 is 11.6 Å². The van der Waals surface area contributed by atoms with Crippen LogP contribution in [-0.2, 0) is 6.54 Å². The average Bonchev–Trinajstić information content (AvgIpc) is 2.50. The fraction of sp³-hybridized carbons (Fsp3) is 0.235. The minimum Gasteiger partial charge on any atom is -0.331 e. The summed E-state index contributed by atoms with van der Waals surface area (Å²) in [6.45, 7) is 2.52. The number of hydrogen-bond donors (Lipinski definition) is 1. The van der Waals surface area contributed by atoms with Crippen LogP contribution in [0, 0.1) is 0 Å². The van der Waals surface area contributed by atoms with E-state index in [1.54, 1.807) is 11.9 Å². The van der Waals surface area contributed by atoms with Gasteiger partial charge < -0.3 is 10.2 Å². The summed E-state index contributed by atoms with van der Waals surface area (Å²) in [4.78, 5) is 13.8. The van der Waals surface area contributed by atoms with Crippen LogP contribution in [0.2, 0.25) is 5.02 Å². The Labute approximate surface area is 130 Å². The van der Waals surface area contributed by atoms with E-state index >= 15 is 0 Å². The van der Waals surface area contributed by atoms with Gasteiger partial charge in [-0.15, -0.1) is 0 Å². The van der Waals surface area contributed by atoms with Gasteiger partial charge >= 0.3 is 6.03 Å². The molecule has 21 heavy (non-hydrogen) atoms. The fourth-order valence-corrected chi connectivity index (χ4v) is 2.18. The number of carbonyl (C=O) groups excluding carboxylic acids is 1. The molecule has 2 rings (SSSR count). The molecule has 1 N–H and O–H groups in total. The van der Waals surface area contributed by atoms with E-state index in [0.29, 0.717) is 11.6 Å². The molecule has 2 aromatic carbocycles. The second kappa shape index (κ2) is 7.14. The van der Waals surface area contributed by atoms with Gasteiger partial charge in [0.15, 0.2) is 0 Å². The van der Waals surface area contributed by atoms with E-state index in [0.717, 1.165) is 11.1 Å². The summed E-state index contributed by atoms with van der Waals surface area (Å²) in [7, 11) is 1.78. The van der Waals surface area contributed by atoms with Crippen LogP contribution in [0.25, 0.3) is 0 Å². The quantitative estimate of drug-likeness (QED) is 0.900. The van der Waals surface area contributed by atoms with Crippen molar-refractivity contribution in [1.82, 2.24) is 10.2 Å². The molecule has 0 bridgehead atoms. The van der Waals surface area contributed by atoms with Gasteiger partial charge in [0, 0.05) is 18.6 Å². The molecule has 110 valence electrons. The summed E-state index contributed by atoms with van der Waals surface area (Å²) < 4.78 is 0. The smallest absolute Gasteiger partial charge is 0.317 e. The molecule has 1 atom stereocenters. The molecule has 0 saturated heterocycles. The summed E-state index contributed by atoms with van der Waals surface area (Å²) in [5.74, 6) is 0. The standard InChI is InChI=1S/C17H19ClN2O/c1-13(15-6-4-3-5-7-15)19-17(21)20(2)12-14-8-10-16(18)11-9-14/h3-11,13H,12H2,1-2H3,(H,19,21). The van der Waals surface area contributed by atoms with Crippen molar-refractivity contribution >= 4 is 17.6 Å². The number of rotatable bonds is 4. The molecule has 0 aliphatic heterocycles. The monoisotopic (exact) mass is 302 g/mol. The van der Waals surface area contributed by atoms with Crippen LogP contribution in [0.1, 0.15) is 24.1 Å². The molecule has 0 radical (unpaired) electrons. The number of hydrogen-bond acceptors (Lipinski definition) is 1. The first-order chi connectivity index (χ1) is 10.1. The Morgan fingerprint density at radius 1 is 1.14 bits per heavy atom. The Hall–Kier alpha value is -2.00. The third-order valence-electron chi connectivity index (χ3n) is 3.32. The first-order valence-electron chi connectivity index (χ1n) is 6.87. The van der Waals surface area contributed by atoms with Crippen LogP contribution < -0.4 is 5.32 Å². The maximum atomic E-state index is 12.2. The third-order valence-corrected chi connectivity index (χ3v) is 3.57. The number of nitrogens with one attached hydrogen (secondary N) is 1. The SMILES string of the molecule is CC(NC(=O)N(C)Cc1ccc(Cl)cc1)c1ccccc1. The Morgan fingerprint density at radius 3 is 2.38 bits per heavy atom. The second-order valence-electron chi connectivity index (χ2n) is 5.06. The summed E-state index contributed by atoms with van der Waals surface area (Å²) in [6, 6.07) is 17.3. The fourth-order valence-electron chi connectivity index (χ4n) is 2.06. The van der Waals surface area contributed by atoms with Gasteiger partial charge in [-0.25, -0.2) is 4.79 Å². The zero-order chi connectivity index (χ0) is 15.2. The van der Waals surface area contributed by atoms with Crippen molar-refractivity contribution in [2.45, 2.75) is 19.5 Å². The van der Waals surface area contributed by atoms with Crippen molar-refractivity contribution in [3.63, 3.8) is 0 Å². The topological polar surface area (TPSA) is 32.3 Å². The van der Waals surface area contributed by atoms with Gasteiger partial charge in [0.05, 0.1) is 6.04 Å². The Morgan fingerprint density at radius 2 is 1.76 bits per heavy atom. The number of halogens is 1. The van der Waals surface area contributed by atoms with Crippen LogP contribution in [0.15, 0.2) is 54.6 Å². The third kappa shape index (κ3) is 4.50. The molecule has 0 saturated carbocycles. The van der Waals surface area contributed by atoms with Crippen molar-refractivity contribution in [2.24, 2.45) is 0 Å². The van der Waals surface area contributed by atoms with Crippen LogP contribution in [-0.4, -0.2) is 18.0 Å². The predicted molar refractivity (Wildman–Crippen MR) is 86.3 cm³/mol. The first-order valence-corrected chi connectivity index (χ1v) is 7.25. The van der Waals surface area contributed by atoms with Gasteiger partial charge in [-0.1, -0.05) is 54.1 Å². The van der Waals surface area contributed by atoms with E-state index in [2.05, 4.69) is 5.32 Å². The number of amides is 2. The molecule has 3 nitrogen and oxygen atoms in total. The van der Waals surface area contributed by atoms with E-state index in [-0.39, 0.29) is 12.1 Å². The number of nitrogens with zero attached hydrogens (tertiary/aromatic N) is 1. The lowest BCUT2D eigenvalue weighted by Crippen LogP contribution is -2.38. The summed E-state index contributed by atoms with van der Waals surface area (Å²) >= 11 is 5.85. The lowest BCUT2D eigenvalue weighted by atomic mass is 10.1. The second-order valence-corrected chi connectivity index (χ2v) is 5.50. The molecular formula is C17H19ClN2O. The van der Waals surface area contributed by atoms with Crippen molar-refractivity contribution < 1.29 is 4.79 Å². The summed E-state index contributed by atoms with van der Waals surface area (Å²) in [5, 5.41) is 3.69. The minimum absolute atomic E-state index is 0.0219. The van der Waals surface area contributed by atoms with Crippen molar-refractivity contribution in [2.75, 3.05) is 7.05 Å². The molecule has 4 heteroatoms. The number of carbonyl (C=O) groups is 1. The van der Waals surface area contributed by atoms with Gasteiger partial charge in [-0.3, -0.25) is 0 Å². The Kier molecular flexibility index (Phi) is 5.23. The molecule has 0 aliphatic carbocycles. The van der Waals surface area contributed by atoms with E-state index in [4.69, 9.17) is 11.6 Å². The van der Waals surface area contributed by atoms with Crippen LogP contribution in [0.5, 0.6) is 0 Å². The molecule has 1 unspecified atom stereocenters. The molecule has 0 spiro atoms. The lowest BCUT2D eigenvalue weighted by Gasteiger charge is -2.21. The van der Waals surface area contributed by atoms with Crippen LogP contribution in [0.3, 0.4) is 0 Å². The van der Waals surface area contributed by atoms with Crippen molar-refractivity contribution in [3.05, 3.63) is 70.7 Å². The highest BCUT2D eigenvalue weighted by molar-refractivity contribution is 6.30. The van der Waals surface area contributed by atoms with E-state index in [1.807, 2.05) is 61.5 Å². The van der Waals surface area contributed by atoms with Gasteiger partial charge in [-0.2, -0.15) is 0 Å². The Bertz CT molecular complexity index is 583. The van der Waals surface area contributed by atoms with Gasteiger partial charge in [0.25, 0.3) is 0 Å². The van der Waals surface area contributed by atoms with Crippen LogP contribution in [0.4, 0.5) is 4.79 Å². The minimum atomic E-state index is -0.0960. The average molecular weight is 303 g/mol. The zero-order valence-corrected chi connectivity index (χ0v) is 13.0. The van der Waals surface area contributed by atoms with E-state index in [1.165, 1.54) is 0 Å². The van der Waals surface area contributed by atoms with Gasteiger partial charge in [0.2, 0.25) is 0 Å². The Balaban J connectivity index is 1.92. The highest BCUT2D eigenvalue weighted by Crippen LogP contribution is 2.13. The first kappa shape index (κ1) is 15.4. The van der Waals surface area contributed by atoms with E-state index < -0.39 is 0 Å².